The lowest BCUT2D eigenvalue weighted by molar-refractivity contribution is -0.384. The van der Waals surface area contributed by atoms with Gasteiger partial charge in [0.2, 0.25) is 0 Å². The summed E-state index contributed by atoms with van der Waals surface area (Å²) in [6.45, 7) is 0. The maximum Gasteiger partial charge on any atom is 0.278 e. The molecule has 0 bridgehead atoms. The van der Waals surface area contributed by atoms with Crippen LogP contribution in [0.1, 0.15) is 24.3 Å². The molecule has 0 N–H and O–H groups in total. The molecule has 3 aromatic rings. The Morgan fingerprint density at radius 1 is 1.17 bits per heavy atom. The zero-order chi connectivity index (χ0) is 15.8. The number of aromatic nitrogens is 2. The molecule has 1 fully saturated rings. The van der Waals surface area contributed by atoms with Gasteiger partial charge in [-0.3, -0.25) is 15.1 Å². The molecule has 1 aliphatic carbocycles. The van der Waals surface area contributed by atoms with E-state index in [-0.39, 0.29) is 10.6 Å². The van der Waals surface area contributed by atoms with Gasteiger partial charge in [0.25, 0.3) is 5.69 Å². The van der Waals surface area contributed by atoms with E-state index in [4.69, 9.17) is 0 Å². The minimum absolute atomic E-state index is 0.0814. The Bertz CT molecular complexity index is 887. The lowest BCUT2D eigenvalue weighted by atomic mass is 10.1. The highest BCUT2D eigenvalue weighted by molar-refractivity contribution is 7.13. The van der Waals surface area contributed by atoms with Crippen LogP contribution in [-0.4, -0.2) is 14.9 Å². The van der Waals surface area contributed by atoms with Crippen molar-refractivity contribution in [3.63, 3.8) is 0 Å². The molecule has 0 saturated heterocycles. The second kappa shape index (κ2) is 5.55. The second-order valence-corrected chi connectivity index (χ2v) is 6.41. The number of rotatable bonds is 4. The standard InChI is InChI=1S/C17H13N3O2S/c21-20(22)16-4-2-1-3-13(16)15-10-23-17(19-15)14-9-18-8-7-12(14)11-5-6-11/h1-4,7-11H,5-6H2. The van der Waals surface area contributed by atoms with E-state index in [0.29, 0.717) is 17.2 Å². The van der Waals surface area contributed by atoms with Crippen LogP contribution < -0.4 is 0 Å². The van der Waals surface area contributed by atoms with Crippen LogP contribution in [0.5, 0.6) is 0 Å². The maximum absolute atomic E-state index is 11.2. The number of pyridine rings is 1. The van der Waals surface area contributed by atoms with Crippen LogP contribution >= 0.6 is 11.3 Å². The molecule has 0 amide bonds. The van der Waals surface area contributed by atoms with E-state index >= 15 is 0 Å². The van der Waals surface area contributed by atoms with Gasteiger partial charge in [-0.25, -0.2) is 4.98 Å². The van der Waals surface area contributed by atoms with Crippen molar-refractivity contribution in [3.05, 3.63) is 63.8 Å². The number of nitrogens with zero attached hydrogens (tertiary/aromatic N) is 3. The quantitative estimate of drug-likeness (QED) is 0.517. The molecule has 1 aromatic carbocycles. The second-order valence-electron chi connectivity index (χ2n) is 5.55. The Morgan fingerprint density at radius 3 is 2.78 bits per heavy atom. The molecule has 5 nitrogen and oxygen atoms in total. The number of hydrogen-bond acceptors (Lipinski definition) is 5. The summed E-state index contributed by atoms with van der Waals surface area (Å²) in [5.41, 5.74) is 3.60. The third-order valence-electron chi connectivity index (χ3n) is 3.98. The third-order valence-corrected chi connectivity index (χ3v) is 4.86. The van der Waals surface area contributed by atoms with Gasteiger partial charge in [0, 0.05) is 29.4 Å². The Morgan fingerprint density at radius 2 is 2.00 bits per heavy atom. The molecule has 2 heterocycles. The number of hydrogen-bond donors (Lipinski definition) is 0. The molecular formula is C17H13N3O2S. The van der Waals surface area contributed by atoms with Gasteiger partial charge in [0.15, 0.2) is 0 Å². The molecule has 0 atom stereocenters. The number of nitro groups is 1. The molecule has 0 unspecified atom stereocenters. The summed E-state index contributed by atoms with van der Waals surface area (Å²) in [7, 11) is 0. The fourth-order valence-corrected chi connectivity index (χ4v) is 3.56. The van der Waals surface area contributed by atoms with E-state index < -0.39 is 0 Å². The lowest BCUT2D eigenvalue weighted by Gasteiger charge is -2.04. The molecule has 6 heteroatoms. The highest BCUT2D eigenvalue weighted by Crippen LogP contribution is 2.45. The molecule has 1 aliphatic rings. The van der Waals surface area contributed by atoms with Crippen molar-refractivity contribution in [3.8, 4) is 21.8 Å². The van der Waals surface area contributed by atoms with Gasteiger partial charge in [0.05, 0.1) is 16.2 Å². The molecule has 0 aliphatic heterocycles. The highest BCUT2D eigenvalue weighted by atomic mass is 32.1. The summed E-state index contributed by atoms with van der Waals surface area (Å²) in [5, 5.41) is 13.9. The van der Waals surface area contributed by atoms with E-state index in [9.17, 15) is 10.1 Å². The first-order chi connectivity index (χ1) is 11.2. The monoisotopic (exact) mass is 323 g/mol. The maximum atomic E-state index is 11.2. The van der Waals surface area contributed by atoms with Crippen molar-refractivity contribution in [2.24, 2.45) is 0 Å². The van der Waals surface area contributed by atoms with Crippen molar-refractivity contribution in [2.45, 2.75) is 18.8 Å². The SMILES string of the molecule is O=[N+]([O-])c1ccccc1-c1csc(-c2cnccc2C2CC2)n1. The smallest absolute Gasteiger partial charge is 0.264 e. The van der Waals surface area contributed by atoms with Crippen LogP contribution in [0.25, 0.3) is 21.8 Å². The van der Waals surface area contributed by atoms with E-state index in [1.54, 1.807) is 18.2 Å². The first-order valence-corrected chi connectivity index (χ1v) is 8.25. The Kier molecular flexibility index (Phi) is 3.38. The molecule has 0 spiro atoms. The zero-order valence-electron chi connectivity index (χ0n) is 12.2. The molecule has 1 saturated carbocycles. The van der Waals surface area contributed by atoms with Crippen LogP contribution in [0.3, 0.4) is 0 Å². The van der Waals surface area contributed by atoms with Gasteiger partial charge in [-0.2, -0.15) is 0 Å². The normalized spacial score (nSPS) is 13.9. The largest absolute Gasteiger partial charge is 0.278 e. The summed E-state index contributed by atoms with van der Waals surface area (Å²) >= 11 is 1.50. The summed E-state index contributed by atoms with van der Waals surface area (Å²) in [5.74, 6) is 0.603. The molecular weight excluding hydrogens is 310 g/mol. The van der Waals surface area contributed by atoms with Gasteiger partial charge in [-0.05, 0) is 36.5 Å². The molecule has 114 valence electrons. The van der Waals surface area contributed by atoms with Crippen LogP contribution in [0.2, 0.25) is 0 Å². The van der Waals surface area contributed by atoms with Crippen LogP contribution in [0.15, 0.2) is 48.1 Å². The molecule has 0 radical (unpaired) electrons. The van der Waals surface area contributed by atoms with Gasteiger partial charge >= 0.3 is 0 Å². The Hall–Kier alpha value is -2.60. The average molecular weight is 323 g/mol. The van der Waals surface area contributed by atoms with Crippen LogP contribution in [0.4, 0.5) is 5.69 Å². The van der Waals surface area contributed by atoms with Crippen molar-refractivity contribution in [1.29, 1.82) is 0 Å². The van der Waals surface area contributed by atoms with E-state index in [0.717, 1.165) is 10.6 Å². The Labute approximate surface area is 136 Å². The lowest BCUT2D eigenvalue weighted by Crippen LogP contribution is -1.92. The first kappa shape index (κ1) is 14.0. The molecule has 4 rings (SSSR count). The van der Waals surface area contributed by atoms with E-state index in [2.05, 4.69) is 16.0 Å². The van der Waals surface area contributed by atoms with Gasteiger partial charge in [0.1, 0.15) is 5.01 Å². The number of benzene rings is 1. The number of para-hydroxylation sites is 1. The molecule has 2 aromatic heterocycles. The number of nitro benzene ring substituents is 1. The average Bonchev–Trinajstić information content (AvgIpc) is 3.31. The van der Waals surface area contributed by atoms with Crippen molar-refractivity contribution in [1.82, 2.24) is 9.97 Å². The highest BCUT2D eigenvalue weighted by Gasteiger charge is 2.27. The fourth-order valence-electron chi connectivity index (χ4n) is 2.70. The fraction of sp³-hybridized carbons (Fsp3) is 0.176. The van der Waals surface area contributed by atoms with Crippen molar-refractivity contribution < 1.29 is 4.92 Å². The summed E-state index contributed by atoms with van der Waals surface area (Å²) in [4.78, 5) is 19.7. The predicted octanol–water partition coefficient (Wildman–Crippen LogP) is 4.66. The third kappa shape index (κ3) is 2.61. The van der Waals surface area contributed by atoms with Crippen LogP contribution in [0, 0.1) is 10.1 Å². The minimum Gasteiger partial charge on any atom is -0.264 e. The molecule has 23 heavy (non-hydrogen) atoms. The van der Waals surface area contributed by atoms with Gasteiger partial charge in [-0.15, -0.1) is 11.3 Å². The first-order valence-electron chi connectivity index (χ1n) is 7.37. The van der Waals surface area contributed by atoms with Gasteiger partial charge < -0.3 is 0 Å². The summed E-state index contributed by atoms with van der Waals surface area (Å²) in [6.07, 6.45) is 6.07. The van der Waals surface area contributed by atoms with Crippen molar-refractivity contribution in [2.75, 3.05) is 0 Å². The predicted molar refractivity (Wildman–Crippen MR) is 89.4 cm³/mol. The van der Waals surface area contributed by atoms with Crippen molar-refractivity contribution >= 4 is 17.0 Å². The van der Waals surface area contributed by atoms with Crippen LogP contribution in [-0.2, 0) is 0 Å². The topological polar surface area (TPSA) is 68.9 Å². The summed E-state index contributed by atoms with van der Waals surface area (Å²) < 4.78 is 0. The van der Waals surface area contributed by atoms with Gasteiger partial charge in [-0.1, -0.05) is 12.1 Å². The van der Waals surface area contributed by atoms with E-state index in [1.165, 1.54) is 35.8 Å². The minimum atomic E-state index is -0.367. The van der Waals surface area contributed by atoms with E-state index in [1.807, 2.05) is 17.8 Å². The number of thiazole rings is 1. The summed E-state index contributed by atoms with van der Waals surface area (Å²) in [6, 6.07) is 8.76. The Balaban J connectivity index is 1.78. The zero-order valence-corrected chi connectivity index (χ0v) is 13.0.